The van der Waals surface area contributed by atoms with E-state index in [-0.39, 0.29) is 5.75 Å². The number of furan rings is 1. The van der Waals surface area contributed by atoms with Gasteiger partial charge in [-0.05, 0) is 37.3 Å². The summed E-state index contributed by atoms with van der Waals surface area (Å²) in [5, 5.41) is 5.01. The molecule has 148 valence electrons. The Labute approximate surface area is 166 Å². The SMILES string of the molecule is COc1cccc(OC)c1OC(=O)c1cc(-c2ccco2)nc2c1c(C)nn2C. The number of benzene rings is 1. The zero-order chi connectivity index (χ0) is 20.5. The average molecular weight is 393 g/mol. The van der Waals surface area contributed by atoms with Crippen molar-refractivity contribution >= 4 is 17.0 Å². The number of nitrogens with zero attached hydrogens (tertiary/aromatic N) is 3. The van der Waals surface area contributed by atoms with Crippen molar-refractivity contribution in [2.75, 3.05) is 14.2 Å². The number of aromatic nitrogens is 3. The second kappa shape index (κ2) is 7.31. The van der Waals surface area contributed by atoms with Gasteiger partial charge in [0.1, 0.15) is 5.69 Å². The molecule has 3 heterocycles. The number of carbonyl (C=O) groups is 1. The van der Waals surface area contributed by atoms with E-state index < -0.39 is 5.97 Å². The third-order valence-corrected chi connectivity index (χ3v) is 4.54. The lowest BCUT2D eigenvalue weighted by Gasteiger charge is -2.13. The Balaban J connectivity index is 1.86. The Hall–Kier alpha value is -3.81. The van der Waals surface area contributed by atoms with Crippen LogP contribution in [0.15, 0.2) is 47.1 Å². The zero-order valence-corrected chi connectivity index (χ0v) is 16.4. The molecule has 0 amide bonds. The van der Waals surface area contributed by atoms with Gasteiger partial charge < -0.3 is 18.6 Å². The van der Waals surface area contributed by atoms with E-state index in [1.165, 1.54) is 14.2 Å². The van der Waals surface area contributed by atoms with Crippen LogP contribution in [0, 0.1) is 6.92 Å². The Morgan fingerprint density at radius 2 is 1.83 bits per heavy atom. The van der Waals surface area contributed by atoms with Crippen LogP contribution in [0.4, 0.5) is 0 Å². The first-order valence-corrected chi connectivity index (χ1v) is 8.85. The van der Waals surface area contributed by atoms with Gasteiger partial charge in [-0.1, -0.05) is 6.07 Å². The number of pyridine rings is 1. The Bertz CT molecular complexity index is 1170. The molecular weight excluding hydrogens is 374 g/mol. The molecule has 0 aliphatic rings. The molecule has 0 saturated carbocycles. The molecule has 0 fully saturated rings. The summed E-state index contributed by atoms with van der Waals surface area (Å²) < 4.78 is 23.4. The van der Waals surface area contributed by atoms with Crippen LogP contribution < -0.4 is 14.2 Å². The third kappa shape index (κ3) is 3.18. The molecule has 0 N–H and O–H groups in total. The van der Waals surface area contributed by atoms with Crippen LogP contribution in [0.2, 0.25) is 0 Å². The maximum Gasteiger partial charge on any atom is 0.344 e. The summed E-state index contributed by atoms with van der Waals surface area (Å²) in [5.74, 6) is 0.932. The number of aryl methyl sites for hydroxylation is 2. The normalized spacial score (nSPS) is 10.9. The Kier molecular flexibility index (Phi) is 4.67. The van der Waals surface area contributed by atoms with Gasteiger partial charge in [-0.15, -0.1) is 0 Å². The Morgan fingerprint density at radius 1 is 1.10 bits per heavy atom. The predicted molar refractivity (Wildman–Crippen MR) is 105 cm³/mol. The summed E-state index contributed by atoms with van der Waals surface area (Å²) in [6.07, 6.45) is 1.55. The van der Waals surface area contributed by atoms with E-state index in [0.29, 0.717) is 45.2 Å². The van der Waals surface area contributed by atoms with Crippen LogP contribution >= 0.6 is 0 Å². The fourth-order valence-corrected chi connectivity index (χ4v) is 3.22. The Morgan fingerprint density at radius 3 is 2.45 bits per heavy atom. The fraction of sp³-hybridized carbons (Fsp3) is 0.190. The summed E-state index contributed by atoms with van der Waals surface area (Å²) in [6.45, 7) is 1.82. The number of para-hydroxylation sites is 1. The third-order valence-electron chi connectivity index (χ3n) is 4.54. The van der Waals surface area contributed by atoms with E-state index in [4.69, 9.17) is 18.6 Å². The molecule has 0 aliphatic carbocycles. The summed E-state index contributed by atoms with van der Waals surface area (Å²) in [5.41, 5.74) is 2.04. The molecule has 0 atom stereocenters. The van der Waals surface area contributed by atoms with E-state index in [1.807, 2.05) is 6.92 Å². The molecule has 0 bridgehead atoms. The molecule has 4 rings (SSSR count). The molecule has 0 unspecified atom stereocenters. The number of methoxy groups -OCH3 is 2. The van der Waals surface area contributed by atoms with E-state index >= 15 is 0 Å². The van der Waals surface area contributed by atoms with Gasteiger partial charge in [0.05, 0.1) is 37.1 Å². The second-order valence-electron chi connectivity index (χ2n) is 6.32. The number of ether oxygens (including phenoxy) is 3. The minimum atomic E-state index is -0.580. The summed E-state index contributed by atoms with van der Waals surface area (Å²) in [4.78, 5) is 17.8. The number of esters is 1. The fourth-order valence-electron chi connectivity index (χ4n) is 3.22. The van der Waals surface area contributed by atoms with Crippen LogP contribution in [0.1, 0.15) is 16.1 Å². The van der Waals surface area contributed by atoms with Crippen molar-refractivity contribution in [3.05, 3.63) is 53.9 Å². The lowest BCUT2D eigenvalue weighted by Crippen LogP contribution is -2.12. The minimum absolute atomic E-state index is 0.202. The maximum absolute atomic E-state index is 13.2. The summed E-state index contributed by atoms with van der Waals surface area (Å²) in [6, 6.07) is 10.3. The van der Waals surface area contributed by atoms with Crippen LogP contribution in [-0.2, 0) is 7.05 Å². The monoisotopic (exact) mass is 393 g/mol. The molecule has 29 heavy (non-hydrogen) atoms. The molecule has 0 spiro atoms. The first-order valence-electron chi connectivity index (χ1n) is 8.85. The van der Waals surface area contributed by atoms with E-state index in [2.05, 4.69) is 10.1 Å². The highest BCUT2D eigenvalue weighted by Crippen LogP contribution is 2.38. The van der Waals surface area contributed by atoms with Crippen LogP contribution in [-0.4, -0.2) is 35.0 Å². The highest BCUT2D eigenvalue weighted by atomic mass is 16.6. The summed E-state index contributed by atoms with van der Waals surface area (Å²) in [7, 11) is 4.76. The van der Waals surface area contributed by atoms with E-state index in [9.17, 15) is 4.79 Å². The van der Waals surface area contributed by atoms with Gasteiger partial charge in [0, 0.05) is 7.05 Å². The maximum atomic E-state index is 13.2. The number of carbonyl (C=O) groups excluding carboxylic acids is 1. The average Bonchev–Trinajstić information content (AvgIpc) is 3.36. The zero-order valence-electron chi connectivity index (χ0n) is 16.4. The standard InChI is InChI=1S/C21H19N3O5/c1-12-18-13(21(25)29-19-16(26-3)7-5-8-17(19)27-4)11-14(15-9-6-10-28-15)22-20(18)24(2)23-12/h5-11H,1-4H3. The molecule has 4 aromatic rings. The van der Waals surface area contributed by atoms with E-state index in [0.717, 1.165) is 0 Å². The highest BCUT2D eigenvalue weighted by Gasteiger charge is 2.24. The molecular formula is C21H19N3O5. The lowest BCUT2D eigenvalue weighted by atomic mass is 10.1. The van der Waals surface area contributed by atoms with Gasteiger partial charge in [0.15, 0.2) is 22.9 Å². The number of hydrogen-bond acceptors (Lipinski definition) is 7. The number of hydrogen-bond donors (Lipinski definition) is 0. The highest BCUT2D eigenvalue weighted by molar-refractivity contribution is 6.05. The molecule has 1 aromatic carbocycles. The molecule has 3 aromatic heterocycles. The predicted octanol–water partition coefficient (Wildman–Crippen LogP) is 3.77. The van der Waals surface area contributed by atoms with Crippen molar-refractivity contribution in [3.8, 4) is 28.7 Å². The number of fused-ring (bicyclic) bond motifs is 1. The van der Waals surface area contributed by atoms with Crippen LogP contribution in [0.25, 0.3) is 22.5 Å². The van der Waals surface area contributed by atoms with Gasteiger partial charge in [-0.2, -0.15) is 5.10 Å². The molecule has 0 aliphatic heterocycles. The molecule has 8 nitrogen and oxygen atoms in total. The van der Waals surface area contributed by atoms with Gasteiger partial charge in [-0.25, -0.2) is 9.78 Å². The van der Waals surface area contributed by atoms with Crippen molar-refractivity contribution in [2.45, 2.75) is 6.92 Å². The van der Waals surface area contributed by atoms with Crippen molar-refractivity contribution in [1.29, 1.82) is 0 Å². The van der Waals surface area contributed by atoms with Crippen molar-refractivity contribution < 1.29 is 23.4 Å². The van der Waals surface area contributed by atoms with Gasteiger partial charge in [0.25, 0.3) is 0 Å². The first kappa shape index (κ1) is 18.5. The smallest absolute Gasteiger partial charge is 0.344 e. The van der Waals surface area contributed by atoms with E-state index in [1.54, 1.807) is 54.4 Å². The largest absolute Gasteiger partial charge is 0.493 e. The van der Waals surface area contributed by atoms with Gasteiger partial charge in [-0.3, -0.25) is 4.68 Å². The number of rotatable bonds is 5. The molecule has 0 saturated heterocycles. The van der Waals surface area contributed by atoms with Crippen LogP contribution in [0.3, 0.4) is 0 Å². The minimum Gasteiger partial charge on any atom is -0.493 e. The topological polar surface area (TPSA) is 88.6 Å². The van der Waals surface area contributed by atoms with Crippen molar-refractivity contribution in [1.82, 2.24) is 14.8 Å². The summed E-state index contributed by atoms with van der Waals surface area (Å²) >= 11 is 0. The molecule has 8 heteroatoms. The van der Waals surface area contributed by atoms with Crippen molar-refractivity contribution in [2.24, 2.45) is 7.05 Å². The van der Waals surface area contributed by atoms with Gasteiger partial charge in [0.2, 0.25) is 5.75 Å². The van der Waals surface area contributed by atoms with Gasteiger partial charge >= 0.3 is 5.97 Å². The van der Waals surface area contributed by atoms with Crippen LogP contribution in [0.5, 0.6) is 17.2 Å². The molecule has 0 radical (unpaired) electrons. The lowest BCUT2D eigenvalue weighted by molar-refractivity contribution is 0.0726. The quantitative estimate of drug-likeness (QED) is 0.377. The first-order chi connectivity index (χ1) is 14.0. The second-order valence-corrected chi connectivity index (χ2v) is 6.32. The van der Waals surface area contributed by atoms with Crippen molar-refractivity contribution in [3.63, 3.8) is 0 Å².